The van der Waals surface area contributed by atoms with Crippen molar-refractivity contribution in [3.63, 3.8) is 0 Å². The van der Waals surface area contributed by atoms with E-state index in [1.54, 1.807) is 11.0 Å². The fourth-order valence-corrected chi connectivity index (χ4v) is 2.80. The van der Waals surface area contributed by atoms with Gasteiger partial charge in [-0.05, 0) is 18.9 Å². The first kappa shape index (κ1) is 15.8. The minimum absolute atomic E-state index is 0.104. The second-order valence-electron chi connectivity index (χ2n) is 6.34. The van der Waals surface area contributed by atoms with Crippen molar-refractivity contribution < 1.29 is 14.6 Å². The first-order chi connectivity index (χ1) is 11.1. The van der Waals surface area contributed by atoms with Crippen LogP contribution in [0, 0.1) is 12.3 Å². The molecule has 2 heterocycles. The lowest BCUT2D eigenvalue weighted by atomic mass is 9.78. The summed E-state index contributed by atoms with van der Waals surface area (Å²) >= 11 is 0. The standard InChI is InChI=1S/C17H21N3O3/c1-13-3-5-14(6-4-13)9-15(20-12-18-11-19-20)16(21)17(2)7-8-22-23-10-17/h3-6,11-12,15H,7-10H2,1-2H3. The quantitative estimate of drug-likeness (QED) is 0.792. The maximum absolute atomic E-state index is 13.2. The number of aromatic nitrogens is 3. The highest BCUT2D eigenvalue weighted by Gasteiger charge is 2.41. The monoisotopic (exact) mass is 315 g/mol. The fourth-order valence-electron chi connectivity index (χ4n) is 2.80. The highest BCUT2D eigenvalue weighted by Crippen LogP contribution is 2.33. The lowest BCUT2D eigenvalue weighted by Crippen LogP contribution is -2.42. The Morgan fingerprint density at radius 3 is 2.74 bits per heavy atom. The fraction of sp³-hybridized carbons (Fsp3) is 0.471. The second kappa shape index (κ2) is 6.60. The van der Waals surface area contributed by atoms with Crippen LogP contribution in [0.1, 0.15) is 30.5 Å². The average Bonchev–Trinajstić information content (AvgIpc) is 3.08. The molecule has 1 aliphatic rings. The van der Waals surface area contributed by atoms with Gasteiger partial charge in [0.25, 0.3) is 0 Å². The highest BCUT2D eigenvalue weighted by atomic mass is 17.2. The molecule has 0 radical (unpaired) electrons. The van der Waals surface area contributed by atoms with Gasteiger partial charge in [-0.25, -0.2) is 19.4 Å². The number of carbonyl (C=O) groups excluding carboxylic acids is 1. The zero-order valence-electron chi connectivity index (χ0n) is 13.4. The summed E-state index contributed by atoms with van der Waals surface area (Å²) in [4.78, 5) is 27.2. The number of hydrogen-bond acceptors (Lipinski definition) is 5. The molecule has 1 saturated heterocycles. The molecule has 122 valence electrons. The van der Waals surface area contributed by atoms with E-state index < -0.39 is 11.5 Å². The normalized spacial score (nSPS) is 22.7. The predicted molar refractivity (Wildman–Crippen MR) is 83.6 cm³/mol. The number of aryl methyl sites for hydroxylation is 1. The molecule has 0 N–H and O–H groups in total. The molecule has 1 aromatic carbocycles. The molecule has 0 amide bonds. The van der Waals surface area contributed by atoms with Crippen LogP contribution in [0.2, 0.25) is 0 Å². The van der Waals surface area contributed by atoms with Crippen molar-refractivity contribution in [1.29, 1.82) is 0 Å². The summed E-state index contributed by atoms with van der Waals surface area (Å²) in [5, 5.41) is 4.19. The number of Topliss-reactive ketones (excluding diaryl/α,β-unsaturated/α-hetero) is 1. The molecule has 0 aliphatic carbocycles. The molecule has 2 atom stereocenters. The molecule has 1 aromatic heterocycles. The number of rotatable bonds is 5. The van der Waals surface area contributed by atoms with Gasteiger partial charge in [0.15, 0.2) is 5.78 Å². The third kappa shape index (κ3) is 3.48. The summed E-state index contributed by atoms with van der Waals surface area (Å²) in [7, 11) is 0. The van der Waals surface area contributed by atoms with Crippen molar-refractivity contribution >= 4 is 5.78 Å². The zero-order valence-corrected chi connectivity index (χ0v) is 13.4. The van der Waals surface area contributed by atoms with Gasteiger partial charge in [-0.1, -0.05) is 36.8 Å². The van der Waals surface area contributed by atoms with Crippen LogP contribution in [0.5, 0.6) is 0 Å². The van der Waals surface area contributed by atoms with E-state index in [-0.39, 0.29) is 12.4 Å². The number of carbonyl (C=O) groups is 1. The Bertz CT molecular complexity index is 646. The zero-order chi connectivity index (χ0) is 16.3. The largest absolute Gasteiger partial charge is 0.297 e. The summed E-state index contributed by atoms with van der Waals surface area (Å²) in [5.74, 6) is 0.104. The van der Waals surface area contributed by atoms with Crippen molar-refractivity contribution in [1.82, 2.24) is 14.8 Å². The minimum atomic E-state index is -0.570. The van der Waals surface area contributed by atoms with Gasteiger partial charge in [0.2, 0.25) is 0 Å². The predicted octanol–water partition coefficient (Wildman–Crippen LogP) is 2.30. The van der Waals surface area contributed by atoms with Gasteiger partial charge < -0.3 is 0 Å². The van der Waals surface area contributed by atoms with Crippen molar-refractivity contribution in [3.05, 3.63) is 48.0 Å². The van der Waals surface area contributed by atoms with Crippen LogP contribution in [-0.4, -0.2) is 33.8 Å². The molecule has 0 bridgehead atoms. The van der Waals surface area contributed by atoms with Gasteiger partial charge in [0, 0.05) is 6.42 Å². The number of benzene rings is 1. The smallest absolute Gasteiger partial charge is 0.166 e. The molecule has 2 unspecified atom stereocenters. The Labute approximate surface area is 135 Å². The van der Waals surface area contributed by atoms with E-state index in [4.69, 9.17) is 9.78 Å². The van der Waals surface area contributed by atoms with Crippen LogP contribution in [-0.2, 0) is 21.0 Å². The van der Waals surface area contributed by atoms with Crippen molar-refractivity contribution in [2.75, 3.05) is 13.2 Å². The Hall–Kier alpha value is -2.05. The highest BCUT2D eigenvalue weighted by molar-refractivity contribution is 5.88. The summed E-state index contributed by atoms with van der Waals surface area (Å²) in [6.45, 7) is 4.67. The van der Waals surface area contributed by atoms with E-state index in [0.717, 1.165) is 5.56 Å². The Kier molecular flexibility index (Phi) is 4.54. The van der Waals surface area contributed by atoms with Gasteiger partial charge in [-0.2, -0.15) is 5.10 Å². The molecular weight excluding hydrogens is 294 g/mol. The van der Waals surface area contributed by atoms with Crippen LogP contribution in [0.4, 0.5) is 0 Å². The van der Waals surface area contributed by atoms with Crippen molar-refractivity contribution in [2.45, 2.75) is 32.7 Å². The molecule has 6 heteroatoms. The lowest BCUT2D eigenvalue weighted by molar-refractivity contribution is -0.333. The third-order valence-electron chi connectivity index (χ3n) is 4.40. The van der Waals surface area contributed by atoms with E-state index in [2.05, 4.69) is 34.3 Å². The van der Waals surface area contributed by atoms with E-state index in [0.29, 0.717) is 19.4 Å². The lowest BCUT2D eigenvalue weighted by Gasteiger charge is -2.33. The van der Waals surface area contributed by atoms with Gasteiger partial charge >= 0.3 is 0 Å². The number of ketones is 1. The number of hydrogen-bond donors (Lipinski definition) is 0. The molecule has 6 nitrogen and oxygen atoms in total. The van der Waals surface area contributed by atoms with E-state index in [9.17, 15) is 4.79 Å². The topological polar surface area (TPSA) is 66.2 Å². The second-order valence-corrected chi connectivity index (χ2v) is 6.34. The van der Waals surface area contributed by atoms with Gasteiger partial charge in [0.05, 0.1) is 18.6 Å². The summed E-state index contributed by atoms with van der Waals surface area (Å²) in [5.41, 5.74) is 1.72. The molecule has 1 aliphatic heterocycles. The summed E-state index contributed by atoms with van der Waals surface area (Å²) in [6.07, 6.45) is 4.28. The van der Waals surface area contributed by atoms with Crippen molar-refractivity contribution in [3.8, 4) is 0 Å². The van der Waals surface area contributed by atoms with E-state index in [1.807, 2.05) is 13.8 Å². The molecule has 1 fully saturated rings. The molecule has 0 saturated carbocycles. The van der Waals surface area contributed by atoms with E-state index >= 15 is 0 Å². The van der Waals surface area contributed by atoms with Crippen molar-refractivity contribution in [2.24, 2.45) is 5.41 Å². The first-order valence-electron chi connectivity index (χ1n) is 7.77. The van der Waals surface area contributed by atoms with Gasteiger partial charge in [-0.15, -0.1) is 0 Å². The first-order valence-corrected chi connectivity index (χ1v) is 7.77. The third-order valence-corrected chi connectivity index (χ3v) is 4.40. The minimum Gasteiger partial charge on any atom is -0.297 e. The van der Waals surface area contributed by atoms with Crippen LogP contribution in [0.15, 0.2) is 36.9 Å². The van der Waals surface area contributed by atoms with Gasteiger partial charge in [0.1, 0.15) is 18.7 Å². The maximum Gasteiger partial charge on any atom is 0.166 e. The molecule has 23 heavy (non-hydrogen) atoms. The summed E-state index contributed by atoms with van der Waals surface area (Å²) in [6, 6.07) is 7.81. The van der Waals surface area contributed by atoms with Crippen LogP contribution >= 0.6 is 0 Å². The van der Waals surface area contributed by atoms with Crippen LogP contribution < -0.4 is 0 Å². The molecule has 3 rings (SSSR count). The Morgan fingerprint density at radius 2 is 2.13 bits per heavy atom. The average molecular weight is 315 g/mol. The SMILES string of the molecule is Cc1ccc(CC(C(=O)C2(C)CCOOC2)n2cncn2)cc1. The molecule has 2 aromatic rings. The van der Waals surface area contributed by atoms with E-state index in [1.165, 1.54) is 11.9 Å². The molecule has 0 spiro atoms. The Morgan fingerprint density at radius 1 is 1.35 bits per heavy atom. The molecular formula is C17H21N3O3. The van der Waals surface area contributed by atoms with Gasteiger partial charge in [-0.3, -0.25) is 4.79 Å². The Balaban J connectivity index is 1.86. The van der Waals surface area contributed by atoms with Crippen LogP contribution in [0.3, 0.4) is 0 Å². The number of nitrogens with zero attached hydrogens (tertiary/aromatic N) is 3. The summed E-state index contributed by atoms with van der Waals surface area (Å²) < 4.78 is 1.64. The maximum atomic E-state index is 13.2. The van der Waals surface area contributed by atoms with Crippen LogP contribution in [0.25, 0.3) is 0 Å².